The quantitative estimate of drug-likeness (QED) is 0.0279. The van der Waals surface area contributed by atoms with Crippen LogP contribution in [-0.2, 0) is 52.0 Å². The highest BCUT2D eigenvalue weighted by Gasteiger charge is 2.51. The van der Waals surface area contributed by atoms with Gasteiger partial charge >= 0.3 is 13.3 Å². The second-order valence-electron chi connectivity index (χ2n) is 26.0. The van der Waals surface area contributed by atoms with Crippen LogP contribution in [0, 0.1) is 17.8 Å². The van der Waals surface area contributed by atoms with Crippen molar-refractivity contribution < 1.29 is 66.5 Å². The summed E-state index contributed by atoms with van der Waals surface area (Å²) in [6, 6.07) is 22.6. The molecule has 7 amide bonds. The molecule has 7 N–H and O–H groups in total. The number of benzene rings is 4. The van der Waals surface area contributed by atoms with Crippen LogP contribution in [0.5, 0.6) is 5.75 Å². The zero-order valence-electron chi connectivity index (χ0n) is 52.2. The van der Waals surface area contributed by atoms with Gasteiger partial charge in [-0.25, -0.2) is 4.98 Å². The van der Waals surface area contributed by atoms with Crippen LogP contribution < -0.4 is 26.0 Å². The first-order chi connectivity index (χ1) is 42.9. The van der Waals surface area contributed by atoms with Gasteiger partial charge in [-0.3, -0.25) is 38.1 Å². The molecule has 9 rings (SSSR count). The molecule has 25 heteroatoms. The highest BCUT2D eigenvalue weighted by atomic mass is 32.1. The van der Waals surface area contributed by atoms with E-state index < -0.39 is 108 Å². The molecule has 3 aliphatic rings. The number of aromatic nitrogens is 1. The Labute approximate surface area is 535 Å². The predicted octanol–water partition coefficient (Wildman–Crippen LogP) is 8.71. The largest absolute Gasteiger partial charge is 0.484 e. The Hall–Kier alpha value is -7.47. The summed E-state index contributed by atoms with van der Waals surface area (Å²) >= 11 is 2.49. The van der Waals surface area contributed by atoms with Crippen LogP contribution >= 0.6 is 30.3 Å². The smallest absolute Gasteiger partial charge is 0.399 e. The van der Waals surface area contributed by atoms with Gasteiger partial charge in [0.15, 0.2) is 6.61 Å². The highest BCUT2D eigenvalue weighted by Crippen LogP contribution is 2.59. The Kier molecular flexibility index (Phi) is 20.7. The van der Waals surface area contributed by atoms with Crippen LogP contribution in [-0.4, -0.2) is 139 Å². The molecule has 2 aromatic heterocycles. The Balaban J connectivity index is 0.819. The van der Waals surface area contributed by atoms with Crippen LogP contribution in [0.3, 0.4) is 0 Å². The number of nitrogens with zero attached hydrogens (tertiary/aromatic N) is 4. The number of thiazole rings is 1. The maximum absolute atomic E-state index is 15.3. The summed E-state index contributed by atoms with van der Waals surface area (Å²) in [5.41, 5.74) is -0.0512. The van der Waals surface area contributed by atoms with Crippen molar-refractivity contribution in [3.8, 4) is 16.2 Å². The van der Waals surface area contributed by atoms with Gasteiger partial charge in [-0.1, -0.05) is 108 Å². The van der Waals surface area contributed by atoms with Crippen LogP contribution in [0.1, 0.15) is 136 Å². The van der Waals surface area contributed by atoms with Crippen molar-refractivity contribution in [1.29, 1.82) is 0 Å². The number of piperidine rings is 1. The number of rotatable bonds is 20. The number of β-amino-alcohol motifs (C(OH)–C–C–N with tert-alkyl or cyclic N) is 1. The molecule has 6 aromatic rings. The third kappa shape index (κ3) is 15.9. The molecule has 2 saturated heterocycles. The number of nitrogens with one attached hydrogen (secondary N) is 4. The van der Waals surface area contributed by atoms with E-state index in [0.717, 1.165) is 69.1 Å². The molecular weight excluding hydrogens is 1230 g/mol. The Morgan fingerprint density at radius 1 is 0.802 bits per heavy atom. The number of fused-ring (bicyclic) bond motifs is 2. The highest BCUT2D eigenvalue weighted by molar-refractivity contribution is 7.52. The number of carbonyl (C=O) groups is 7. The van der Waals surface area contributed by atoms with Gasteiger partial charge in [0.2, 0.25) is 29.5 Å². The van der Waals surface area contributed by atoms with Crippen molar-refractivity contribution in [2.24, 2.45) is 10.8 Å². The van der Waals surface area contributed by atoms with Gasteiger partial charge in [-0.05, 0) is 107 Å². The summed E-state index contributed by atoms with van der Waals surface area (Å²) < 4.78 is 47.5. The summed E-state index contributed by atoms with van der Waals surface area (Å²) in [5, 5.41) is 22.4. The number of thiophene rings is 1. The minimum absolute atomic E-state index is 0.0290. The molecule has 3 aliphatic heterocycles. The SMILES string of the molecule is Cc1ncsc1-c1ccc([C@H](C)NC(=O)[C@@H]2C[C@@H](O)CN2C(=O)C(NC(=O)CCCNC(=O)COc2ccc3c(c2)CN(C(=O)C(NC(=O)c2cc4cc(C(F)(F)P(=O)(O)O)ccc4s2)C(C)(C)C)C(C(=O)N2CCCC(c4ccccc4)C2)C3)C(C)(C)C)cc1. The number of hydrogen-bond acceptors (Lipinski definition) is 13. The summed E-state index contributed by atoms with van der Waals surface area (Å²) in [5.74, 6) is -3.03. The summed E-state index contributed by atoms with van der Waals surface area (Å²) in [6.45, 7) is 14.9. The molecule has 0 aliphatic carbocycles. The molecule has 91 heavy (non-hydrogen) atoms. The van der Waals surface area contributed by atoms with Gasteiger partial charge in [0, 0.05) is 68.2 Å². The fourth-order valence-electron chi connectivity index (χ4n) is 11.9. The van der Waals surface area contributed by atoms with E-state index >= 15 is 4.79 Å². The van der Waals surface area contributed by atoms with Crippen LogP contribution in [0.15, 0.2) is 103 Å². The zero-order chi connectivity index (χ0) is 65.9. The van der Waals surface area contributed by atoms with Crippen LogP contribution in [0.2, 0.25) is 0 Å². The third-order valence-electron chi connectivity index (χ3n) is 17.1. The number of alkyl halides is 2. The molecular formula is C66H79F2N8O12PS2. The lowest BCUT2D eigenvalue weighted by atomic mass is 9.83. The van der Waals surface area contributed by atoms with E-state index in [1.54, 1.807) is 81.5 Å². The monoisotopic (exact) mass is 1310 g/mol. The number of amides is 7. The standard InChI is InChI=1S/C66H79F2N8O12PS2/c1-38(40-18-20-42(21-19-40)56-39(2)70-37-90-56)71-59(80)50-32-48(77)35-76(50)62(83)57(64(3,4)5)72-54(78)17-12-26-69-55(79)36-88-49-24-22-43-30-51(61(82)74-27-13-16-44(33-74)41-14-10-9-11-15-41)75(34-46(43)29-49)63(84)58(65(6,7)8)73-60(81)53-31-45-28-47(23-25-52(45)91-53)66(67,68)89(85,86)87/h9-11,14-15,18-25,28-29,31,37-38,44,48,50-51,57-58,77H,12-13,16-17,26-27,30,32-36H2,1-8H3,(H,69,79)(H,71,80)(H,72,78)(H,73,81)(H2,85,86,87)/t38-,44?,48+,50-,51?,57?,58?/m0/s1. The first-order valence-electron chi connectivity index (χ1n) is 30.4. The van der Waals surface area contributed by atoms with Crippen molar-refractivity contribution >= 4 is 81.7 Å². The number of aliphatic hydroxyl groups excluding tert-OH is 1. The topological polar surface area (TPSA) is 277 Å². The van der Waals surface area contributed by atoms with E-state index in [2.05, 4.69) is 26.3 Å². The summed E-state index contributed by atoms with van der Waals surface area (Å²) in [6.07, 6.45) is 0.963. The normalized spacial score (nSPS) is 19.0. The van der Waals surface area contributed by atoms with E-state index in [0.29, 0.717) is 29.1 Å². The first kappa shape index (κ1) is 67.9. The number of ether oxygens (including phenoxy) is 1. The second-order valence-corrected chi connectivity index (χ2v) is 29.6. The van der Waals surface area contributed by atoms with Gasteiger partial charge in [-0.2, -0.15) is 8.78 Å². The fourth-order valence-corrected chi connectivity index (χ4v) is 14.2. The molecule has 486 valence electrons. The predicted molar refractivity (Wildman–Crippen MR) is 342 cm³/mol. The lowest BCUT2D eigenvalue weighted by Gasteiger charge is -2.43. The van der Waals surface area contributed by atoms with Gasteiger partial charge in [0.05, 0.1) is 33.1 Å². The molecule has 0 saturated carbocycles. The first-order valence-corrected chi connectivity index (χ1v) is 33.7. The van der Waals surface area contributed by atoms with Gasteiger partial charge in [-0.15, -0.1) is 22.7 Å². The zero-order valence-corrected chi connectivity index (χ0v) is 54.7. The van der Waals surface area contributed by atoms with Crippen molar-refractivity contribution in [2.75, 3.05) is 32.8 Å². The van der Waals surface area contributed by atoms with Crippen molar-refractivity contribution in [1.82, 2.24) is 41.0 Å². The number of aryl methyl sites for hydroxylation is 1. The minimum Gasteiger partial charge on any atom is -0.484 e. The van der Waals surface area contributed by atoms with E-state index in [1.165, 1.54) is 21.9 Å². The molecule has 20 nitrogen and oxygen atoms in total. The lowest BCUT2D eigenvalue weighted by Crippen LogP contribution is -2.61. The van der Waals surface area contributed by atoms with E-state index in [-0.39, 0.29) is 67.4 Å². The van der Waals surface area contributed by atoms with Crippen LogP contribution in [0.4, 0.5) is 8.78 Å². The Morgan fingerprint density at radius 3 is 2.16 bits per heavy atom. The fraction of sp³-hybridized carbons (Fsp3) is 0.455. The lowest BCUT2D eigenvalue weighted by molar-refractivity contribution is -0.150. The molecule has 2 fully saturated rings. The number of halogens is 2. The maximum Gasteiger partial charge on any atom is 0.399 e. The summed E-state index contributed by atoms with van der Waals surface area (Å²) in [4.78, 5) is 128. The molecule has 4 unspecified atom stereocenters. The van der Waals surface area contributed by atoms with Crippen molar-refractivity contribution in [3.63, 3.8) is 0 Å². The molecule has 7 atom stereocenters. The molecule has 4 aromatic carbocycles. The van der Waals surface area contributed by atoms with Gasteiger partial charge in [0.25, 0.3) is 11.8 Å². The molecule has 5 heterocycles. The number of likely N-dealkylation sites (tertiary alicyclic amines) is 2. The van der Waals surface area contributed by atoms with Gasteiger partial charge < -0.3 is 55.6 Å². The number of aliphatic hydroxyl groups is 1. The van der Waals surface area contributed by atoms with Crippen LogP contribution in [0.25, 0.3) is 20.5 Å². The van der Waals surface area contributed by atoms with Crippen molar-refractivity contribution in [2.45, 2.75) is 148 Å². The Morgan fingerprint density at radius 2 is 1.49 bits per heavy atom. The van der Waals surface area contributed by atoms with Gasteiger partial charge in [0.1, 0.15) is 29.9 Å². The average molecular weight is 1310 g/mol. The summed E-state index contributed by atoms with van der Waals surface area (Å²) in [7, 11) is -5.88. The number of carbonyl (C=O) groups excluding carboxylic acids is 7. The Bertz CT molecular complexity index is 3740. The third-order valence-corrected chi connectivity index (χ3v) is 20.1. The number of hydrogen-bond donors (Lipinski definition) is 7. The van der Waals surface area contributed by atoms with Crippen molar-refractivity contribution in [3.05, 3.63) is 141 Å². The molecule has 0 spiro atoms. The minimum atomic E-state index is -5.88. The molecule has 0 bridgehead atoms. The maximum atomic E-state index is 15.3. The van der Waals surface area contributed by atoms with E-state index in [4.69, 9.17) is 4.74 Å². The second kappa shape index (κ2) is 27.8. The molecule has 0 radical (unpaired) electrons. The van der Waals surface area contributed by atoms with E-state index in [9.17, 15) is 57.0 Å². The van der Waals surface area contributed by atoms with E-state index in [1.807, 2.05) is 68.4 Å². The average Bonchev–Trinajstić information content (AvgIpc) is 1.66.